The molecule has 0 saturated carbocycles. The van der Waals surface area contributed by atoms with Crippen molar-refractivity contribution in [2.24, 2.45) is 5.84 Å². The average molecular weight is 279 g/mol. The monoisotopic (exact) mass is 279 g/mol. The Balaban J connectivity index is 1.98. The smallest absolute Gasteiger partial charge is 0.294 e. The summed E-state index contributed by atoms with van der Waals surface area (Å²) in [7, 11) is 0. The van der Waals surface area contributed by atoms with Crippen molar-refractivity contribution >= 4 is 17.2 Å². The Hall–Kier alpha value is -1.96. The molecule has 1 aromatic carbocycles. The maximum atomic E-state index is 11.2. The van der Waals surface area contributed by atoms with Crippen LogP contribution >= 0.6 is 11.3 Å². The number of hydrazine groups is 1. The standard InChI is InChI=1S/C12H13N3O3S/c13-15-11(17)12-14-9(7-19-12)6-18-10-3-1-2-8(4-10)5-16/h1-4,7,16H,5-6,13H2,(H,15,17). The van der Waals surface area contributed by atoms with Gasteiger partial charge in [-0.05, 0) is 17.7 Å². The molecule has 6 nitrogen and oxygen atoms in total. The van der Waals surface area contributed by atoms with Gasteiger partial charge in [0.15, 0.2) is 5.01 Å². The van der Waals surface area contributed by atoms with Crippen molar-refractivity contribution in [1.29, 1.82) is 0 Å². The molecule has 0 atom stereocenters. The van der Waals surface area contributed by atoms with E-state index in [0.717, 1.165) is 5.56 Å². The van der Waals surface area contributed by atoms with Crippen LogP contribution in [0, 0.1) is 0 Å². The van der Waals surface area contributed by atoms with E-state index in [1.54, 1.807) is 29.6 Å². The van der Waals surface area contributed by atoms with Gasteiger partial charge in [-0.3, -0.25) is 10.2 Å². The van der Waals surface area contributed by atoms with Crippen molar-refractivity contribution in [3.8, 4) is 5.75 Å². The van der Waals surface area contributed by atoms with E-state index in [4.69, 9.17) is 15.7 Å². The number of nitrogens with zero attached hydrogens (tertiary/aromatic N) is 1. The van der Waals surface area contributed by atoms with Crippen molar-refractivity contribution in [3.63, 3.8) is 0 Å². The first-order chi connectivity index (χ1) is 9.22. The molecule has 0 aliphatic heterocycles. The Bertz CT molecular complexity index is 571. The maximum absolute atomic E-state index is 11.2. The Morgan fingerprint density at radius 2 is 2.37 bits per heavy atom. The van der Waals surface area contributed by atoms with Crippen LogP contribution in [0.4, 0.5) is 0 Å². The lowest BCUT2D eigenvalue weighted by Crippen LogP contribution is -2.29. The summed E-state index contributed by atoms with van der Waals surface area (Å²) in [6.07, 6.45) is 0. The molecule has 2 aromatic rings. The largest absolute Gasteiger partial charge is 0.487 e. The van der Waals surface area contributed by atoms with Crippen LogP contribution in [0.25, 0.3) is 0 Å². The summed E-state index contributed by atoms with van der Waals surface area (Å²) in [5, 5.41) is 11.0. The second-order valence-electron chi connectivity index (χ2n) is 3.71. The molecule has 0 unspecified atom stereocenters. The Kier molecular flexibility index (Phi) is 4.45. The lowest BCUT2D eigenvalue weighted by Gasteiger charge is -2.05. The van der Waals surface area contributed by atoms with Gasteiger partial charge in [0.05, 0.1) is 12.3 Å². The summed E-state index contributed by atoms with van der Waals surface area (Å²) in [4.78, 5) is 15.3. The first-order valence-electron chi connectivity index (χ1n) is 5.51. The summed E-state index contributed by atoms with van der Waals surface area (Å²) in [5.41, 5.74) is 3.45. The average Bonchev–Trinajstić information content (AvgIpc) is 2.93. The molecule has 0 radical (unpaired) electrons. The van der Waals surface area contributed by atoms with Crippen LogP contribution in [0.2, 0.25) is 0 Å². The number of carbonyl (C=O) groups is 1. The van der Waals surface area contributed by atoms with E-state index in [1.807, 2.05) is 5.43 Å². The predicted octanol–water partition coefficient (Wildman–Crippen LogP) is 0.818. The molecule has 0 aliphatic carbocycles. The van der Waals surface area contributed by atoms with Crippen LogP contribution in [0.15, 0.2) is 29.6 Å². The highest BCUT2D eigenvalue weighted by atomic mass is 32.1. The van der Waals surface area contributed by atoms with E-state index >= 15 is 0 Å². The normalized spacial score (nSPS) is 10.2. The zero-order valence-corrected chi connectivity index (χ0v) is 10.8. The zero-order chi connectivity index (χ0) is 13.7. The molecule has 2 rings (SSSR count). The van der Waals surface area contributed by atoms with Crippen LogP contribution in [-0.2, 0) is 13.2 Å². The number of benzene rings is 1. The fraction of sp³-hybridized carbons (Fsp3) is 0.167. The summed E-state index contributed by atoms with van der Waals surface area (Å²) < 4.78 is 5.53. The summed E-state index contributed by atoms with van der Waals surface area (Å²) in [6.45, 7) is 0.220. The van der Waals surface area contributed by atoms with E-state index in [0.29, 0.717) is 16.5 Å². The SMILES string of the molecule is NNC(=O)c1nc(COc2cccc(CO)c2)cs1. The molecular weight excluding hydrogens is 266 g/mol. The molecule has 4 N–H and O–H groups in total. The highest BCUT2D eigenvalue weighted by molar-refractivity contribution is 7.11. The lowest BCUT2D eigenvalue weighted by atomic mass is 10.2. The number of aliphatic hydroxyl groups is 1. The Morgan fingerprint density at radius 1 is 1.53 bits per heavy atom. The van der Waals surface area contributed by atoms with Gasteiger partial charge in [0.2, 0.25) is 0 Å². The molecule has 7 heteroatoms. The number of carbonyl (C=O) groups excluding carboxylic acids is 1. The third-order valence-electron chi connectivity index (χ3n) is 2.34. The van der Waals surface area contributed by atoms with Gasteiger partial charge in [-0.2, -0.15) is 0 Å². The number of aromatic nitrogens is 1. The lowest BCUT2D eigenvalue weighted by molar-refractivity contribution is 0.0953. The van der Waals surface area contributed by atoms with Gasteiger partial charge in [-0.1, -0.05) is 12.1 Å². The number of aliphatic hydroxyl groups excluding tert-OH is 1. The second-order valence-corrected chi connectivity index (χ2v) is 4.57. The van der Waals surface area contributed by atoms with Crippen molar-refractivity contribution in [3.05, 3.63) is 45.9 Å². The van der Waals surface area contributed by atoms with E-state index in [-0.39, 0.29) is 13.2 Å². The molecule has 0 fully saturated rings. The molecule has 0 spiro atoms. The van der Waals surface area contributed by atoms with Crippen molar-refractivity contribution in [1.82, 2.24) is 10.4 Å². The molecule has 19 heavy (non-hydrogen) atoms. The van der Waals surface area contributed by atoms with Gasteiger partial charge < -0.3 is 9.84 Å². The van der Waals surface area contributed by atoms with Crippen LogP contribution in [0.3, 0.4) is 0 Å². The third-order valence-corrected chi connectivity index (χ3v) is 3.23. The van der Waals surface area contributed by atoms with Crippen molar-refractivity contribution < 1.29 is 14.6 Å². The predicted molar refractivity (Wildman–Crippen MR) is 70.5 cm³/mol. The Morgan fingerprint density at radius 3 is 3.11 bits per heavy atom. The molecule has 0 bridgehead atoms. The number of nitrogens with one attached hydrogen (secondary N) is 1. The number of amides is 1. The fourth-order valence-electron chi connectivity index (χ4n) is 1.43. The number of ether oxygens (including phenoxy) is 1. The van der Waals surface area contributed by atoms with Crippen molar-refractivity contribution in [2.45, 2.75) is 13.2 Å². The third kappa shape index (κ3) is 3.50. The van der Waals surface area contributed by atoms with Gasteiger partial charge in [0.1, 0.15) is 12.4 Å². The van der Waals surface area contributed by atoms with Gasteiger partial charge in [0.25, 0.3) is 5.91 Å². The summed E-state index contributed by atoms with van der Waals surface area (Å²) in [5.74, 6) is 5.25. The minimum absolute atomic E-state index is 0.0330. The zero-order valence-electron chi connectivity index (χ0n) is 10.00. The number of thiazole rings is 1. The van der Waals surface area contributed by atoms with Crippen LogP contribution in [0.5, 0.6) is 5.75 Å². The number of hydrogen-bond donors (Lipinski definition) is 3. The molecule has 0 aliphatic rings. The van der Waals surface area contributed by atoms with Crippen LogP contribution in [0.1, 0.15) is 21.1 Å². The van der Waals surface area contributed by atoms with Crippen LogP contribution < -0.4 is 16.0 Å². The van der Waals surface area contributed by atoms with Gasteiger partial charge >= 0.3 is 0 Å². The molecule has 100 valence electrons. The fourth-order valence-corrected chi connectivity index (χ4v) is 2.13. The van der Waals surface area contributed by atoms with Crippen LogP contribution in [-0.4, -0.2) is 16.0 Å². The number of nitrogen functional groups attached to an aromatic ring is 1. The first kappa shape index (κ1) is 13.5. The van der Waals surface area contributed by atoms with E-state index in [9.17, 15) is 4.79 Å². The van der Waals surface area contributed by atoms with Gasteiger partial charge in [-0.15, -0.1) is 11.3 Å². The van der Waals surface area contributed by atoms with Crippen molar-refractivity contribution in [2.75, 3.05) is 0 Å². The number of nitrogens with two attached hydrogens (primary N) is 1. The maximum Gasteiger partial charge on any atom is 0.294 e. The second kappa shape index (κ2) is 6.28. The Labute approximate surface area is 113 Å². The molecular formula is C12H13N3O3S. The minimum Gasteiger partial charge on any atom is -0.487 e. The molecule has 1 amide bonds. The summed E-state index contributed by atoms with van der Waals surface area (Å²) in [6, 6.07) is 7.15. The molecule has 1 heterocycles. The summed E-state index contributed by atoms with van der Waals surface area (Å²) >= 11 is 1.20. The molecule has 1 aromatic heterocycles. The number of rotatable bonds is 5. The quantitative estimate of drug-likeness (QED) is 0.427. The topological polar surface area (TPSA) is 97.5 Å². The van der Waals surface area contributed by atoms with Gasteiger partial charge in [0, 0.05) is 5.38 Å². The molecule has 0 saturated heterocycles. The van der Waals surface area contributed by atoms with Gasteiger partial charge in [-0.25, -0.2) is 10.8 Å². The first-order valence-corrected chi connectivity index (χ1v) is 6.39. The highest BCUT2D eigenvalue weighted by Crippen LogP contribution is 2.16. The van der Waals surface area contributed by atoms with E-state index in [1.165, 1.54) is 11.3 Å². The number of hydrogen-bond acceptors (Lipinski definition) is 6. The van der Waals surface area contributed by atoms with E-state index < -0.39 is 5.91 Å². The highest BCUT2D eigenvalue weighted by Gasteiger charge is 2.09. The minimum atomic E-state index is -0.418. The van der Waals surface area contributed by atoms with E-state index in [2.05, 4.69) is 4.98 Å².